The number of hydrogen-bond acceptors (Lipinski definition) is 7. The Balaban J connectivity index is 1.77. The Morgan fingerprint density at radius 3 is 2.73 bits per heavy atom. The summed E-state index contributed by atoms with van der Waals surface area (Å²) in [5.41, 5.74) is 5.64. The molecule has 0 bridgehead atoms. The molecule has 1 amide bonds. The number of anilines is 2. The second kappa shape index (κ2) is 9.19. The summed E-state index contributed by atoms with van der Waals surface area (Å²) in [6.45, 7) is 2.09. The van der Waals surface area contributed by atoms with E-state index >= 15 is 0 Å². The summed E-state index contributed by atoms with van der Waals surface area (Å²) in [5.74, 6) is -1.02. The van der Waals surface area contributed by atoms with Crippen LogP contribution >= 0.6 is 0 Å². The van der Waals surface area contributed by atoms with E-state index in [9.17, 15) is 19.2 Å². The summed E-state index contributed by atoms with van der Waals surface area (Å²) in [6, 6.07) is 10.1. The van der Waals surface area contributed by atoms with Crippen molar-refractivity contribution in [1.29, 1.82) is 0 Å². The Morgan fingerprint density at radius 2 is 2.00 bits per heavy atom. The summed E-state index contributed by atoms with van der Waals surface area (Å²) < 4.78 is 12.0. The summed E-state index contributed by atoms with van der Waals surface area (Å²) in [7, 11) is 0. The molecular formula is C23H24N4O6. The van der Waals surface area contributed by atoms with Crippen LogP contribution in [0.2, 0.25) is 0 Å². The van der Waals surface area contributed by atoms with Crippen molar-refractivity contribution in [2.45, 2.75) is 45.4 Å². The molecule has 0 fully saturated rings. The molecule has 0 saturated carbocycles. The van der Waals surface area contributed by atoms with E-state index in [1.165, 1.54) is 10.8 Å². The molecule has 3 heterocycles. The van der Waals surface area contributed by atoms with E-state index in [0.717, 1.165) is 11.3 Å². The van der Waals surface area contributed by atoms with Crippen molar-refractivity contribution < 1.29 is 18.7 Å². The number of hydrogen-bond donors (Lipinski definition) is 2. The second-order valence-electron chi connectivity index (χ2n) is 7.76. The third-order valence-corrected chi connectivity index (χ3v) is 5.55. The molecule has 0 saturated heterocycles. The molecule has 2 aromatic heterocycles. The number of rotatable bonds is 7. The third-order valence-electron chi connectivity index (χ3n) is 5.55. The summed E-state index contributed by atoms with van der Waals surface area (Å²) in [5, 5.41) is 0. The molecule has 4 rings (SSSR count). The Bertz CT molecular complexity index is 1290. The predicted molar refractivity (Wildman–Crippen MR) is 120 cm³/mol. The minimum atomic E-state index is -1.17. The molecule has 10 heteroatoms. The van der Waals surface area contributed by atoms with Crippen LogP contribution in [0.5, 0.6) is 0 Å². The number of esters is 1. The molecule has 0 radical (unpaired) electrons. The number of ether oxygens (including phenoxy) is 1. The van der Waals surface area contributed by atoms with Crippen LogP contribution < -0.4 is 21.9 Å². The highest BCUT2D eigenvalue weighted by molar-refractivity contribution is 6.02. The second-order valence-corrected chi connectivity index (χ2v) is 7.76. The van der Waals surface area contributed by atoms with Gasteiger partial charge in [-0.15, -0.1) is 0 Å². The largest absolute Gasteiger partial charge is 0.467 e. The van der Waals surface area contributed by atoms with E-state index in [0.29, 0.717) is 23.3 Å². The number of aromatic amines is 1. The third kappa shape index (κ3) is 4.32. The lowest BCUT2D eigenvalue weighted by Crippen LogP contribution is -2.47. The number of nitrogens with zero attached hydrogens (tertiary/aromatic N) is 2. The van der Waals surface area contributed by atoms with Crippen LogP contribution in [0.15, 0.2) is 56.7 Å². The standard InChI is InChI=1S/C23H24N4O6/c1-2-3-10-26-19(24)18(20(28)25-23(26)31)27(13-15-8-6-11-32-15)21(29)17-12-14-7-4-5-9-16(14)22(30)33-17/h4-9,11,17H,2-3,10,12-13,24H2,1H3,(H,25,28,31)/t17-/m1/s1. The molecular weight excluding hydrogens is 428 g/mol. The molecule has 1 aliphatic heterocycles. The number of aromatic nitrogens is 2. The van der Waals surface area contributed by atoms with Crippen LogP contribution in [0, 0.1) is 0 Å². The van der Waals surface area contributed by atoms with Crippen LogP contribution in [0.4, 0.5) is 11.5 Å². The zero-order chi connectivity index (χ0) is 23.5. The van der Waals surface area contributed by atoms with Gasteiger partial charge in [-0.2, -0.15) is 0 Å². The van der Waals surface area contributed by atoms with Crippen molar-refractivity contribution >= 4 is 23.4 Å². The van der Waals surface area contributed by atoms with Gasteiger partial charge in [-0.1, -0.05) is 31.5 Å². The van der Waals surface area contributed by atoms with Crippen LogP contribution in [0.3, 0.4) is 0 Å². The van der Waals surface area contributed by atoms with Crippen LogP contribution in [0.1, 0.15) is 41.4 Å². The number of nitrogen functional groups attached to an aromatic ring is 1. The number of furan rings is 1. The number of nitrogens with two attached hydrogens (primary N) is 1. The lowest BCUT2D eigenvalue weighted by atomic mass is 9.98. The summed E-state index contributed by atoms with van der Waals surface area (Å²) in [6.07, 6.45) is 1.86. The number of amides is 1. The number of fused-ring (bicyclic) bond motifs is 1. The van der Waals surface area contributed by atoms with Gasteiger partial charge in [0, 0.05) is 13.0 Å². The molecule has 172 valence electrons. The summed E-state index contributed by atoms with van der Waals surface area (Å²) >= 11 is 0. The highest BCUT2D eigenvalue weighted by Gasteiger charge is 2.36. The molecule has 0 spiro atoms. The van der Waals surface area contributed by atoms with Gasteiger partial charge in [0.1, 0.15) is 11.6 Å². The molecule has 1 aromatic carbocycles. The van der Waals surface area contributed by atoms with Gasteiger partial charge in [0.25, 0.3) is 11.5 Å². The fraction of sp³-hybridized carbons (Fsp3) is 0.304. The smallest absolute Gasteiger partial charge is 0.339 e. The lowest BCUT2D eigenvalue weighted by Gasteiger charge is -2.30. The van der Waals surface area contributed by atoms with Gasteiger partial charge in [-0.05, 0) is 30.2 Å². The first-order valence-electron chi connectivity index (χ1n) is 10.7. The normalized spacial score (nSPS) is 15.1. The number of carbonyl (C=O) groups is 2. The predicted octanol–water partition coefficient (Wildman–Crippen LogP) is 1.83. The highest BCUT2D eigenvalue weighted by atomic mass is 16.5. The molecule has 3 N–H and O–H groups in total. The van der Waals surface area contributed by atoms with Gasteiger partial charge in [0.15, 0.2) is 11.8 Å². The highest BCUT2D eigenvalue weighted by Crippen LogP contribution is 2.26. The molecule has 1 atom stereocenters. The Morgan fingerprint density at radius 1 is 1.21 bits per heavy atom. The number of nitrogens with one attached hydrogen (secondary N) is 1. The monoisotopic (exact) mass is 452 g/mol. The van der Waals surface area contributed by atoms with Gasteiger partial charge in [0.2, 0.25) is 0 Å². The van der Waals surface area contributed by atoms with Crippen molar-refractivity contribution in [2.24, 2.45) is 0 Å². The lowest BCUT2D eigenvalue weighted by molar-refractivity contribution is -0.127. The number of cyclic esters (lactones) is 1. The Hall–Kier alpha value is -4.08. The fourth-order valence-corrected chi connectivity index (χ4v) is 3.85. The molecule has 0 unspecified atom stereocenters. The van der Waals surface area contributed by atoms with Crippen molar-refractivity contribution in [3.05, 3.63) is 80.4 Å². The van der Waals surface area contributed by atoms with Crippen LogP contribution in [-0.2, 0) is 29.0 Å². The van der Waals surface area contributed by atoms with E-state index in [2.05, 4.69) is 4.98 Å². The van der Waals surface area contributed by atoms with E-state index < -0.39 is 29.2 Å². The van der Waals surface area contributed by atoms with Crippen molar-refractivity contribution in [2.75, 3.05) is 10.6 Å². The van der Waals surface area contributed by atoms with E-state index in [-0.39, 0.29) is 31.0 Å². The van der Waals surface area contributed by atoms with Gasteiger partial charge in [-0.25, -0.2) is 9.59 Å². The average molecular weight is 452 g/mol. The zero-order valence-electron chi connectivity index (χ0n) is 18.1. The first-order chi connectivity index (χ1) is 15.9. The van der Waals surface area contributed by atoms with E-state index in [4.69, 9.17) is 14.9 Å². The van der Waals surface area contributed by atoms with Crippen LogP contribution in [0.25, 0.3) is 0 Å². The molecule has 33 heavy (non-hydrogen) atoms. The minimum absolute atomic E-state index is 0.138. The first-order valence-corrected chi connectivity index (χ1v) is 10.7. The molecule has 1 aliphatic rings. The minimum Gasteiger partial charge on any atom is -0.467 e. The molecule has 10 nitrogen and oxygen atoms in total. The van der Waals surface area contributed by atoms with Gasteiger partial charge < -0.3 is 14.9 Å². The van der Waals surface area contributed by atoms with Gasteiger partial charge in [0.05, 0.1) is 18.4 Å². The maximum atomic E-state index is 13.6. The maximum Gasteiger partial charge on any atom is 0.339 e. The Labute approximate surface area is 188 Å². The zero-order valence-corrected chi connectivity index (χ0v) is 18.1. The number of H-pyrrole nitrogens is 1. The van der Waals surface area contributed by atoms with Crippen molar-refractivity contribution in [3.63, 3.8) is 0 Å². The van der Waals surface area contributed by atoms with Crippen molar-refractivity contribution in [3.8, 4) is 0 Å². The van der Waals surface area contributed by atoms with Gasteiger partial charge in [-0.3, -0.25) is 24.0 Å². The van der Waals surface area contributed by atoms with E-state index in [1.54, 1.807) is 36.4 Å². The molecule has 3 aromatic rings. The maximum absolute atomic E-state index is 13.6. The average Bonchev–Trinajstić information content (AvgIpc) is 3.31. The first kappa shape index (κ1) is 22.1. The topological polar surface area (TPSA) is 141 Å². The van der Waals surface area contributed by atoms with Crippen molar-refractivity contribution in [1.82, 2.24) is 9.55 Å². The van der Waals surface area contributed by atoms with Gasteiger partial charge >= 0.3 is 11.7 Å². The quantitative estimate of drug-likeness (QED) is 0.521. The number of carbonyl (C=O) groups excluding carboxylic acids is 2. The SMILES string of the molecule is CCCCn1c(N)c(N(Cc2ccco2)C(=O)[C@H]2Cc3ccccc3C(=O)O2)c(=O)[nH]c1=O. The van der Waals surface area contributed by atoms with Crippen LogP contribution in [-0.4, -0.2) is 27.5 Å². The number of unbranched alkanes of at least 4 members (excludes halogenated alkanes) is 1. The molecule has 0 aliphatic carbocycles. The Kier molecular flexibility index (Phi) is 6.16. The number of benzene rings is 1. The fourth-order valence-electron chi connectivity index (χ4n) is 3.85. The summed E-state index contributed by atoms with van der Waals surface area (Å²) in [4.78, 5) is 54.6. The van der Waals surface area contributed by atoms with E-state index in [1.807, 2.05) is 6.92 Å².